The molecule has 0 radical (unpaired) electrons. The Morgan fingerprint density at radius 3 is 2.79 bits per heavy atom. The van der Waals surface area contributed by atoms with Gasteiger partial charge in [-0.25, -0.2) is 9.97 Å². The van der Waals surface area contributed by atoms with Crippen molar-refractivity contribution in [2.24, 2.45) is 5.92 Å². The predicted octanol–water partition coefficient (Wildman–Crippen LogP) is 1.18. The lowest BCUT2D eigenvalue weighted by Crippen LogP contribution is -2.25. The lowest BCUT2D eigenvalue weighted by atomic mass is 10.0. The van der Waals surface area contributed by atoms with Gasteiger partial charge < -0.3 is 15.3 Å². The van der Waals surface area contributed by atoms with Crippen molar-refractivity contribution < 1.29 is 5.11 Å². The largest absolute Gasteiger partial charge is 0.393 e. The Labute approximate surface area is 115 Å². The lowest BCUT2D eigenvalue weighted by Gasteiger charge is -2.17. The first kappa shape index (κ1) is 14.2. The molecule has 5 nitrogen and oxygen atoms in total. The molecule has 5 heteroatoms. The van der Waals surface area contributed by atoms with Crippen LogP contribution in [0, 0.1) is 5.92 Å². The van der Waals surface area contributed by atoms with E-state index in [4.69, 9.17) is 0 Å². The molecule has 19 heavy (non-hydrogen) atoms. The maximum absolute atomic E-state index is 9.61. The number of aliphatic hydroxyl groups is 1. The summed E-state index contributed by atoms with van der Waals surface area (Å²) in [5.41, 5.74) is 1.11. The SMILES string of the molecule is CCCNCc1cnc(N2CCC(C(C)O)C2)nc1. The molecule has 106 valence electrons. The second kappa shape index (κ2) is 6.82. The normalized spacial score (nSPS) is 20.8. The molecular formula is C14H24N4O. The molecule has 0 amide bonds. The Morgan fingerprint density at radius 1 is 1.47 bits per heavy atom. The van der Waals surface area contributed by atoms with Crippen LogP contribution in [0.1, 0.15) is 32.3 Å². The number of nitrogens with one attached hydrogen (secondary N) is 1. The summed E-state index contributed by atoms with van der Waals surface area (Å²) in [5, 5.41) is 12.9. The highest BCUT2D eigenvalue weighted by Crippen LogP contribution is 2.22. The lowest BCUT2D eigenvalue weighted by molar-refractivity contribution is 0.136. The number of anilines is 1. The molecule has 0 aliphatic carbocycles. The van der Waals surface area contributed by atoms with Crippen LogP contribution in [0.2, 0.25) is 0 Å². The van der Waals surface area contributed by atoms with E-state index < -0.39 is 0 Å². The molecule has 1 saturated heterocycles. The summed E-state index contributed by atoms with van der Waals surface area (Å²) in [4.78, 5) is 11.0. The minimum absolute atomic E-state index is 0.248. The number of hydrogen-bond acceptors (Lipinski definition) is 5. The maximum atomic E-state index is 9.61. The van der Waals surface area contributed by atoms with Crippen molar-refractivity contribution in [2.45, 2.75) is 39.3 Å². The van der Waals surface area contributed by atoms with Crippen LogP contribution in [0.4, 0.5) is 5.95 Å². The van der Waals surface area contributed by atoms with Gasteiger partial charge in [0.05, 0.1) is 6.10 Å². The molecule has 0 spiro atoms. The van der Waals surface area contributed by atoms with Gasteiger partial charge in [0.25, 0.3) is 0 Å². The van der Waals surface area contributed by atoms with Crippen LogP contribution in [0.15, 0.2) is 12.4 Å². The van der Waals surface area contributed by atoms with Crippen molar-refractivity contribution in [3.8, 4) is 0 Å². The first-order valence-electron chi connectivity index (χ1n) is 7.15. The number of nitrogens with zero attached hydrogens (tertiary/aromatic N) is 3. The number of aromatic nitrogens is 2. The van der Waals surface area contributed by atoms with E-state index in [2.05, 4.69) is 27.1 Å². The molecule has 2 heterocycles. The van der Waals surface area contributed by atoms with E-state index in [0.29, 0.717) is 5.92 Å². The van der Waals surface area contributed by atoms with Crippen LogP contribution in [0.5, 0.6) is 0 Å². The fourth-order valence-electron chi connectivity index (χ4n) is 2.37. The molecular weight excluding hydrogens is 240 g/mol. The van der Waals surface area contributed by atoms with Gasteiger partial charge in [-0.05, 0) is 26.3 Å². The van der Waals surface area contributed by atoms with Gasteiger partial charge in [-0.15, -0.1) is 0 Å². The minimum atomic E-state index is -0.248. The average molecular weight is 264 g/mol. The Bertz CT molecular complexity index is 380. The third-order valence-electron chi connectivity index (χ3n) is 3.64. The molecule has 2 rings (SSSR count). The van der Waals surface area contributed by atoms with Crippen LogP contribution in [0.25, 0.3) is 0 Å². The Morgan fingerprint density at radius 2 is 2.21 bits per heavy atom. The van der Waals surface area contributed by atoms with Crippen LogP contribution >= 0.6 is 0 Å². The third kappa shape index (κ3) is 3.88. The van der Waals surface area contributed by atoms with Gasteiger partial charge >= 0.3 is 0 Å². The minimum Gasteiger partial charge on any atom is -0.393 e. The second-order valence-corrected chi connectivity index (χ2v) is 5.30. The van der Waals surface area contributed by atoms with E-state index >= 15 is 0 Å². The summed E-state index contributed by atoms with van der Waals surface area (Å²) < 4.78 is 0. The van der Waals surface area contributed by atoms with E-state index in [1.54, 1.807) is 0 Å². The molecule has 2 N–H and O–H groups in total. The molecule has 1 aromatic heterocycles. The monoisotopic (exact) mass is 264 g/mol. The zero-order chi connectivity index (χ0) is 13.7. The molecule has 2 unspecified atom stereocenters. The summed E-state index contributed by atoms with van der Waals surface area (Å²) in [6.45, 7) is 7.64. The predicted molar refractivity (Wildman–Crippen MR) is 76.0 cm³/mol. The van der Waals surface area contributed by atoms with Gasteiger partial charge in [-0.1, -0.05) is 6.92 Å². The topological polar surface area (TPSA) is 61.3 Å². The molecule has 1 aliphatic heterocycles. The Kier molecular flexibility index (Phi) is 5.10. The fourth-order valence-corrected chi connectivity index (χ4v) is 2.37. The van der Waals surface area contributed by atoms with Crippen LogP contribution in [-0.4, -0.2) is 40.8 Å². The molecule has 0 bridgehead atoms. The Balaban J connectivity index is 1.88. The second-order valence-electron chi connectivity index (χ2n) is 5.30. The van der Waals surface area contributed by atoms with E-state index in [-0.39, 0.29) is 6.10 Å². The molecule has 0 aromatic carbocycles. The molecule has 0 saturated carbocycles. The first-order valence-corrected chi connectivity index (χ1v) is 7.15. The quantitative estimate of drug-likeness (QED) is 0.756. The Hall–Kier alpha value is -1.20. The van der Waals surface area contributed by atoms with Gasteiger partial charge in [0, 0.05) is 43.5 Å². The standard InChI is InChI=1S/C14H24N4O/c1-3-5-15-7-12-8-16-14(17-9-12)18-6-4-13(10-18)11(2)19/h8-9,11,13,15,19H,3-7,10H2,1-2H3. The van der Waals surface area contributed by atoms with Crippen molar-refractivity contribution in [1.29, 1.82) is 0 Å². The number of rotatable bonds is 6. The summed E-state index contributed by atoms with van der Waals surface area (Å²) in [5.74, 6) is 1.12. The van der Waals surface area contributed by atoms with Gasteiger partial charge in [0.1, 0.15) is 0 Å². The van der Waals surface area contributed by atoms with E-state index in [1.165, 1.54) is 0 Å². The molecule has 1 aliphatic rings. The summed E-state index contributed by atoms with van der Waals surface area (Å²) in [7, 11) is 0. The van der Waals surface area contributed by atoms with E-state index in [0.717, 1.165) is 50.5 Å². The summed E-state index contributed by atoms with van der Waals surface area (Å²) in [6, 6.07) is 0. The molecule has 1 fully saturated rings. The van der Waals surface area contributed by atoms with Crippen molar-refractivity contribution in [3.05, 3.63) is 18.0 Å². The van der Waals surface area contributed by atoms with Gasteiger partial charge in [0.15, 0.2) is 0 Å². The van der Waals surface area contributed by atoms with Crippen molar-refractivity contribution in [3.63, 3.8) is 0 Å². The summed E-state index contributed by atoms with van der Waals surface area (Å²) in [6.07, 6.45) is 5.68. The zero-order valence-corrected chi connectivity index (χ0v) is 11.8. The molecule has 2 atom stereocenters. The zero-order valence-electron chi connectivity index (χ0n) is 11.8. The van der Waals surface area contributed by atoms with Crippen molar-refractivity contribution in [1.82, 2.24) is 15.3 Å². The molecule has 1 aromatic rings. The maximum Gasteiger partial charge on any atom is 0.225 e. The van der Waals surface area contributed by atoms with Crippen LogP contribution < -0.4 is 10.2 Å². The highest BCUT2D eigenvalue weighted by molar-refractivity contribution is 5.31. The third-order valence-corrected chi connectivity index (χ3v) is 3.64. The smallest absolute Gasteiger partial charge is 0.225 e. The first-order chi connectivity index (χ1) is 9.20. The van der Waals surface area contributed by atoms with Gasteiger partial charge in [-0.2, -0.15) is 0 Å². The number of aliphatic hydroxyl groups excluding tert-OH is 1. The van der Waals surface area contributed by atoms with Crippen LogP contribution in [-0.2, 0) is 6.54 Å². The van der Waals surface area contributed by atoms with Crippen LogP contribution in [0.3, 0.4) is 0 Å². The fraction of sp³-hybridized carbons (Fsp3) is 0.714. The van der Waals surface area contributed by atoms with E-state index in [9.17, 15) is 5.11 Å². The van der Waals surface area contributed by atoms with Gasteiger partial charge in [0.2, 0.25) is 5.95 Å². The average Bonchev–Trinajstić information content (AvgIpc) is 2.90. The highest BCUT2D eigenvalue weighted by Gasteiger charge is 2.27. The van der Waals surface area contributed by atoms with Gasteiger partial charge in [-0.3, -0.25) is 0 Å². The van der Waals surface area contributed by atoms with Crippen molar-refractivity contribution in [2.75, 3.05) is 24.5 Å². The summed E-state index contributed by atoms with van der Waals surface area (Å²) >= 11 is 0. The number of hydrogen-bond donors (Lipinski definition) is 2. The van der Waals surface area contributed by atoms with Crippen molar-refractivity contribution >= 4 is 5.95 Å². The highest BCUT2D eigenvalue weighted by atomic mass is 16.3. The van der Waals surface area contributed by atoms with E-state index in [1.807, 2.05) is 19.3 Å².